The van der Waals surface area contributed by atoms with Crippen molar-refractivity contribution in [3.8, 4) is 0 Å². The number of hydrogen-bond acceptors (Lipinski definition) is 5. The van der Waals surface area contributed by atoms with Crippen LogP contribution in [0.2, 0.25) is 0 Å². The molecule has 2 aromatic rings. The molecule has 1 aliphatic heterocycles. The van der Waals surface area contributed by atoms with Gasteiger partial charge in [0.1, 0.15) is 5.82 Å². The van der Waals surface area contributed by atoms with Crippen molar-refractivity contribution in [3.05, 3.63) is 40.6 Å². The maximum atomic E-state index is 12.8. The van der Waals surface area contributed by atoms with Crippen LogP contribution in [0.3, 0.4) is 0 Å². The van der Waals surface area contributed by atoms with E-state index in [1.54, 1.807) is 11.3 Å². The summed E-state index contributed by atoms with van der Waals surface area (Å²) in [6.07, 6.45) is -0.703. The molecule has 0 radical (unpaired) electrons. The molecular formula is C20H27F3N4O3S. The van der Waals surface area contributed by atoms with Crippen LogP contribution in [-0.2, 0) is 29.1 Å². The van der Waals surface area contributed by atoms with E-state index in [2.05, 4.69) is 28.3 Å². The number of hydrogen-bond donors (Lipinski definition) is 1. The van der Waals surface area contributed by atoms with Crippen LogP contribution in [0.15, 0.2) is 29.9 Å². The number of halogens is 3. The fourth-order valence-corrected chi connectivity index (χ4v) is 4.06. The summed E-state index contributed by atoms with van der Waals surface area (Å²) in [5, 5.41) is 9.15. The third-order valence-corrected chi connectivity index (χ3v) is 5.86. The lowest BCUT2D eigenvalue weighted by Gasteiger charge is -2.28. The summed E-state index contributed by atoms with van der Waals surface area (Å²) in [6, 6.07) is 4.04. The van der Waals surface area contributed by atoms with E-state index >= 15 is 0 Å². The molecule has 0 fully saturated rings. The highest BCUT2D eigenvalue weighted by atomic mass is 32.1. The minimum Gasteiger partial charge on any atom is -0.475 e. The van der Waals surface area contributed by atoms with Crippen molar-refractivity contribution in [1.82, 2.24) is 19.4 Å². The minimum atomic E-state index is -5.08. The molecule has 1 N–H and O–H groups in total. The molecule has 1 atom stereocenters. The van der Waals surface area contributed by atoms with Gasteiger partial charge >= 0.3 is 12.1 Å². The first kappa shape index (κ1) is 24.9. The van der Waals surface area contributed by atoms with Crippen LogP contribution in [0.25, 0.3) is 0 Å². The van der Waals surface area contributed by atoms with Gasteiger partial charge in [0, 0.05) is 42.8 Å². The molecule has 3 heterocycles. The number of imidazole rings is 1. The molecule has 0 aromatic carbocycles. The second kappa shape index (κ2) is 11.3. The Labute approximate surface area is 183 Å². The van der Waals surface area contributed by atoms with E-state index in [9.17, 15) is 18.0 Å². The predicted octanol–water partition coefficient (Wildman–Crippen LogP) is 3.12. The zero-order valence-corrected chi connectivity index (χ0v) is 18.3. The van der Waals surface area contributed by atoms with Gasteiger partial charge in [-0.15, -0.1) is 11.3 Å². The predicted molar refractivity (Wildman–Crippen MR) is 111 cm³/mol. The van der Waals surface area contributed by atoms with Crippen LogP contribution >= 0.6 is 11.3 Å². The Morgan fingerprint density at radius 1 is 1.29 bits per heavy atom. The average molecular weight is 461 g/mol. The number of carbonyl (C=O) groups is 2. The van der Waals surface area contributed by atoms with Crippen LogP contribution < -0.4 is 0 Å². The Morgan fingerprint density at radius 2 is 1.97 bits per heavy atom. The fourth-order valence-electron chi connectivity index (χ4n) is 3.37. The summed E-state index contributed by atoms with van der Waals surface area (Å²) in [6.45, 7) is 9.88. The van der Waals surface area contributed by atoms with E-state index in [0.29, 0.717) is 18.9 Å². The van der Waals surface area contributed by atoms with E-state index in [1.807, 2.05) is 34.8 Å². The van der Waals surface area contributed by atoms with E-state index < -0.39 is 12.1 Å². The van der Waals surface area contributed by atoms with Crippen LogP contribution in [0.4, 0.5) is 13.2 Å². The molecule has 0 saturated heterocycles. The number of thiophene rings is 1. The molecule has 0 spiro atoms. The van der Waals surface area contributed by atoms with Gasteiger partial charge in [0.2, 0.25) is 5.91 Å². The number of rotatable bonds is 6. The van der Waals surface area contributed by atoms with Gasteiger partial charge < -0.3 is 19.5 Å². The van der Waals surface area contributed by atoms with Crippen molar-refractivity contribution in [2.24, 2.45) is 5.92 Å². The molecule has 7 nitrogen and oxygen atoms in total. The van der Waals surface area contributed by atoms with E-state index in [0.717, 1.165) is 43.4 Å². The van der Waals surface area contributed by atoms with Gasteiger partial charge in [-0.2, -0.15) is 13.2 Å². The van der Waals surface area contributed by atoms with Crippen molar-refractivity contribution < 1.29 is 27.9 Å². The second-order valence-electron chi connectivity index (χ2n) is 7.18. The van der Waals surface area contributed by atoms with Crippen molar-refractivity contribution in [3.63, 3.8) is 0 Å². The number of fused-ring (bicyclic) bond motifs is 1. The smallest absolute Gasteiger partial charge is 0.475 e. The van der Waals surface area contributed by atoms with E-state index in [-0.39, 0.29) is 5.91 Å². The average Bonchev–Trinajstić information content (AvgIpc) is 3.34. The zero-order valence-electron chi connectivity index (χ0n) is 17.5. The number of nitrogens with zero attached hydrogens (tertiary/aromatic N) is 4. The number of alkyl halides is 3. The lowest BCUT2D eigenvalue weighted by molar-refractivity contribution is -0.192. The number of carboxylic acid groups (broad SMARTS) is 1. The summed E-state index contributed by atoms with van der Waals surface area (Å²) in [5.41, 5.74) is 0. The highest BCUT2D eigenvalue weighted by Crippen LogP contribution is 2.19. The topological polar surface area (TPSA) is 78.7 Å². The molecule has 1 amide bonds. The van der Waals surface area contributed by atoms with Gasteiger partial charge in [0.05, 0.1) is 13.0 Å². The largest absolute Gasteiger partial charge is 0.490 e. The summed E-state index contributed by atoms with van der Waals surface area (Å²) in [4.78, 5) is 31.7. The van der Waals surface area contributed by atoms with Crippen LogP contribution in [-0.4, -0.2) is 68.7 Å². The Hall–Kier alpha value is -2.40. The van der Waals surface area contributed by atoms with Crippen LogP contribution in [0, 0.1) is 5.92 Å². The number of amides is 1. The SMILES string of the molecule is CCN(CC)CC1CN(C(=O)Cc2cccs2)Cc2nccn2C1.O=C(O)C(F)(F)F. The van der Waals surface area contributed by atoms with Crippen molar-refractivity contribution in [2.45, 2.75) is 39.5 Å². The first-order valence-electron chi connectivity index (χ1n) is 9.96. The Morgan fingerprint density at radius 3 is 2.52 bits per heavy atom. The molecule has 3 rings (SSSR count). The number of aliphatic carboxylic acids is 1. The minimum absolute atomic E-state index is 0.207. The van der Waals surface area contributed by atoms with Gasteiger partial charge in [-0.1, -0.05) is 19.9 Å². The molecule has 2 aromatic heterocycles. The lowest BCUT2D eigenvalue weighted by Crippen LogP contribution is -2.39. The molecule has 0 saturated carbocycles. The summed E-state index contributed by atoms with van der Waals surface area (Å²) < 4.78 is 34.0. The highest BCUT2D eigenvalue weighted by molar-refractivity contribution is 7.10. The van der Waals surface area contributed by atoms with Crippen LogP contribution in [0.1, 0.15) is 24.5 Å². The summed E-state index contributed by atoms with van der Waals surface area (Å²) >= 11 is 1.65. The summed E-state index contributed by atoms with van der Waals surface area (Å²) in [5.74, 6) is -1.12. The lowest BCUT2D eigenvalue weighted by atomic mass is 10.1. The number of carboxylic acids is 1. The van der Waals surface area contributed by atoms with E-state index in [4.69, 9.17) is 9.90 Å². The van der Waals surface area contributed by atoms with Gasteiger partial charge in [-0.3, -0.25) is 4.79 Å². The van der Waals surface area contributed by atoms with Gasteiger partial charge in [-0.05, 0) is 24.5 Å². The first-order valence-corrected chi connectivity index (χ1v) is 10.8. The first-order chi connectivity index (χ1) is 14.6. The third kappa shape index (κ3) is 7.66. The molecule has 1 unspecified atom stereocenters. The molecule has 1 aliphatic rings. The van der Waals surface area contributed by atoms with Gasteiger partial charge in [-0.25, -0.2) is 9.78 Å². The maximum absolute atomic E-state index is 12.8. The van der Waals surface area contributed by atoms with E-state index in [1.165, 1.54) is 0 Å². The Kier molecular flexibility index (Phi) is 9.05. The summed E-state index contributed by atoms with van der Waals surface area (Å²) in [7, 11) is 0. The third-order valence-electron chi connectivity index (χ3n) is 4.98. The molecular weight excluding hydrogens is 433 g/mol. The molecule has 11 heteroatoms. The Balaban J connectivity index is 0.000000423. The zero-order chi connectivity index (χ0) is 23.0. The normalized spacial score (nSPS) is 16.3. The van der Waals surface area contributed by atoms with Crippen molar-refractivity contribution in [1.29, 1.82) is 0 Å². The molecule has 31 heavy (non-hydrogen) atoms. The Bertz CT molecular complexity index is 835. The van der Waals surface area contributed by atoms with Gasteiger partial charge in [0.25, 0.3) is 0 Å². The number of aromatic nitrogens is 2. The maximum Gasteiger partial charge on any atom is 0.490 e. The van der Waals surface area contributed by atoms with Crippen LogP contribution in [0.5, 0.6) is 0 Å². The fraction of sp³-hybridized carbons (Fsp3) is 0.550. The number of carbonyl (C=O) groups excluding carboxylic acids is 1. The highest BCUT2D eigenvalue weighted by Gasteiger charge is 2.38. The molecule has 172 valence electrons. The molecule has 0 aliphatic carbocycles. The quantitative estimate of drug-likeness (QED) is 0.717. The van der Waals surface area contributed by atoms with Crippen molar-refractivity contribution in [2.75, 3.05) is 26.2 Å². The standard InChI is InChI=1S/C18H26N4OS.C2HF3O2/c1-3-20(4-2)11-15-12-21-8-7-19-17(21)14-22(13-15)18(23)10-16-6-5-9-24-16;3-2(4,5)1(6)7/h5-9,15H,3-4,10-14H2,1-2H3;(H,6,7). The monoisotopic (exact) mass is 460 g/mol. The van der Waals surface area contributed by atoms with Gasteiger partial charge in [0.15, 0.2) is 0 Å². The van der Waals surface area contributed by atoms with Crippen molar-refractivity contribution >= 4 is 23.2 Å². The molecule has 0 bridgehead atoms. The second-order valence-corrected chi connectivity index (χ2v) is 8.21.